The van der Waals surface area contributed by atoms with Crippen LogP contribution in [0.15, 0.2) is 4.52 Å². The third-order valence-corrected chi connectivity index (χ3v) is 4.34. The number of hydrogen-bond donors (Lipinski definition) is 1. The van der Waals surface area contributed by atoms with Gasteiger partial charge in [0.2, 0.25) is 5.89 Å². The summed E-state index contributed by atoms with van der Waals surface area (Å²) in [7, 11) is 0. The molecule has 4 nitrogen and oxygen atoms in total. The number of nitrogens with two attached hydrogens (primary N) is 1. The fraction of sp³-hybridized carbons (Fsp3) is 0.833. The van der Waals surface area contributed by atoms with E-state index in [9.17, 15) is 0 Å². The largest absolute Gasteiger partial charge is 0.339 e. The topological polar surface area (TPSA) is 64.9 Å². The smallest absolute Gasteiger partial charge is 0.232 e. The number of aromatic nitrogens is 2. The number of rotatable bonds is 2. The summed E-state index contributed by atoms with van der Waals surface area (Å²) in [4.78, 5) is 4.56. The summed E-state index contributed by atoms with van der Waals surface area (Å²) in [6.45, 7) is 2.22. The van der Waals surface area contributed by atoms with Crippen molar-refractivity contribution in [1.82, 2.24) is 10.1 Å². The summed E-state index contributed by atoms with van der Waals surface area (Å²) >= 11 is 0. The second kappa shape index (κ2) is 4.25. The monoisotopic (exact) mass is 257 g/mol. The lowest BCUT2D eigenvalue weighted by Gasteiger charge is -2.34. The van der Waals surface area contributed by atoms with Crippen molar-refractivity contribution in [2.75, 3.05) is 0 Å². The van der Waals surface area contributed by atoms with Crippen LogP contribution in [0, 0.1) is 0 Å². The molecule has 1 aromatic heterocycles. The Morgan fingerprint density at radius 1 is 1.12 bits per heavy atom. The SMILES string of the molecule is CC1(c2nc(C3(N)CCC3)no2)CCCC1.Cl. The Hall–Kier alpha value is -0.610. The first-order valence-electron chi connectivity index (χ1n) is 6.26. The molecule has 5 heteroatoms. The zero-order valence-electron chi connectivity index (χ0n) is 10.2. The molecule has 17 heavy (non-hydrogen) atoms. The molecule has 0 atom stereocenters. The van der Waals surface area contributed by atoms with Gasteiger partial charge in [0.05, 0.1) is 5.54 Å². The molecule has 2 saturated carbocycles. The molecule has 96 valence electrons. The van der Waals surface area contributed by atoms with Crippen LogP contribution in [0.2, 0.25) is 0 Å². The second-order valence-corrected chi connectivity index (χ2v) is 5.70. The van der Waals surface area contributed by atoms with E-state index in [1.54, 1.807) is 0 Å². The average Bonchev–Trinajstić information content (AvgIpc) is 2.83. The Morgan fingerprint density at radius 2 is 1.76 bits per heavy atom. The van der Waals surface area contributed by atoms with Crippen molar-refractivity contribution in [2.24, 2.45) is 5.73 Å². The fourth-order valence-corrected chi connectivity index (χ4v) is 2.82. The maximum absolute atomic E-state index is 6.19. The van der Waals surface area contributed by atoms with Crippen LogP contribution in [0.3, 0.4) is 0 Å². The molecule has 0 amide bonds. The van der Waals surface area contributed by atoms with Gasteiger partial charge in [0, 0.05) is 5.41 Å². The molecule has 2 aliphatic rings. The maximum Gasteiger partial charge on any atom is 0.232 e. The van der Waals surface area contributed by atoms with E-state index in [4.69, 9.17) is 10.3 Å². The standard InChI is InChI=1S/C12H19N3O.ClH/c1-11(5-2-3-6-11)10-14-9(15-16-10)12(13)7-4-8-12;/h2-8,13H2,1H3;1H. The van der Waals surface area contributed by atoms with Crippen LogP contribution in [-0.2, 0) is 11.0 Å². The van der Waals surface area contributed by atoms with Gasteiger partial charge in [-0.25, -0.2) is 0 Å². The normalized spacial score (nSPS) is 25.1. The highest BCUT2D eigenvalue weighted by Crippen LogP contribution is 2.42. The molecule has 0 aromatic carbocycles. The fourth-order valence-electron chi connectivity index (χ4n) is 2.82. The Bertz CT molecular complexity index is 394. The molecule has 0 unspecified atom stereocenters. The first-order chi connectivity index (χ1) is 7.62. The van der Waals surface area contributed by atoms with Gasteiger partial charge in [-0.2, -0.15) is 4.98 Å². The zero-order valence-corrected chi connectivity index (χ0v) is 11.1. The Kier molecular flexibility index (Phi) is 3.21. The van der Waals surface area contributed by atoms with Gasteiger partial charge in [-0.15, -0.1) is 12.4 Å². The van der Waals surface area contributed by atoms with Crippen molar-refractivity contribution in [3.63, 3.8) is 0 Å². The summed E-state index contributed by atoms with van der Waals surface area (Å²) in [5.41, 5.74) is 6.00. The van der Waals surface area contributed by atoms with Crippen molar-refractivity contribution in [3.8, 4) is 0 Å². The number of halogens is 1. The summed E-state index contributed by atoms with van der Waals surface area (Å²) in [5, 5.41) is 4.09. The predicted molar refractivity (Wildman–Crippen MR) is 67.1 cm³/mol. The van der Waals surface area contributed by atoms with Gasteiger partial charge >= 0.3 is 0 Å². The van der Waals surface area contributed by atoms with Gasteiger partial charge in [0.1, 0.15) is 0 Å². The molecule has 2 fully saturated rings. The molecule has 2 N–H and O–H groups in total. The molecule has 2 aliphatic carbocycles. The lowest BCUT2D eigenvalue weighted by atomic mass is 9.77. The average molecular weight is 258 g/mol. The lowest BCUT2D eigenvalue weighted by Crippen LogP contribution is -2.44. The molecular formula is C12H20ClN3O. The van der Waals surface area contributed by atoms with Gasteiger partial charge in [-0.05, 0) is 32.1 Å². The third-order valence-electron chi connectivity index (χ3n) is 4.34. The number of nitrogens with zero attached hydrogens (tertiary/aromatic N) is 2. The Labute approximate surface area is 108 Å². The zero-order chi connectivity index (χ0) is 11.2. The molecule has 0 spiro atoms. The summed E-state index contributed by atoms with van der Waals surface area (Å²) in [5.74, 6) is 1.53. The van der Waals surface area contributed by atoms with Crippen LogP contribution in [0.1, 0.15) is 63.6 Å². The van der Waals surface area contributed by atoms with Crippen molar-refractivity contribution in [1.29, 1.82) is 0 Å². The minimum atomic E-state index is -0.295. The van der Waals surface area contributed by atoms with Crippen LogP contribution in [0.5, 0.6) is 0 Å². The quantitative estimate of drug-likeness (QED) is 0.885. The predicted octanol–water partition coefficient (Wildman–Crippen LogP) is 2.66. The van der Waals surface area contributed by atoms with Gasteiger partial charge < -0.3 is 10.3 Å². The molecule has 0 bridgehead atoms. The highest BCUT2D eigenvalue weighted by atomic mass is 35.5. The minimum Gasteiger partial charge on any atom is -0.339 e. The first kappa shape index (κ1) is 12.8. The van der Waals surface area contributed by atoms with E-state index in [0.717, 1.165) is 37.4 Å². The minimum absolute atomic E-state index is 0. The number of hydrogen-bond acceptors (Lipinski definition) is 4. The third kappa shape index (κ3) is 1.97. The van der Waals surface area contributed by atoms with E-state index in [1.807, 2.05) is 0 Å². The van der Waals surface area contributed by atoms with Gasteiger partial charge in [0.25, 0.3) is 0 Å². The summed E-state index contributed by atoms with van der Waals surface area (Å²) < 4.78 is 5.43. The van der Waals surface area contributed by atoms with Crippen LogP contribution in [-0.4, -0.2) is 10.1 Å². The molecule has 1 heterocycles. The van der Waals surface area contributed by atoms with E-state index in [-0.39, 0.29) is 23.4 Å². The Balaban J connectivity index is 0.00000108. The summed E-state index contributed by atoms with van der Waals surface area (Å²) in [6, 6.07) is 0. The summed E-state index contributed by atoms with van der Waals surface area (Å²) in [6.07, 6.45) is 8.01. The maximum atomic E-state index is 6.19. The molecule has 0 aliphatic heterocycles. The van der Waals surface area contributed by atoms with Crippen molar-refractivity contribution >= 4 is 12.4 Å². The van der Waals surface area contributed by atoms with E-state index in [2.05, 4.69) is 17.1 Å². The molecule has 1 aromatic rings. The van der Waals surface area contributed by atoms with Crippen LogP contribution in [0.4, 0.5) is 0 Å². The van der Waals surface area contributed by atoms with Crippen molar-refractivity contribution in [2.45, 2.75) is 62.8 Å². The Morgan fingerprint density at radius 3 is 2.29 bits per heavy atom. The van der Waals surface area contributed by atoms with Crippen molar-refractivity contribution in [3.05, 3.63) is 11.7 Å². The second-order valence-electron chi connectivity index (χ2n) is 5.70. The van der Waals surface area contributed by atoms with Crippen molar-refractivity contribution < 1.29 is 4.52 Å². The molecule has 3 rings (SSSR count). The highest BCUT2D eigenvalue weighted by Gasteiger charge is 2.42. The van der Waals surface area contributed by atoms with Gasteiger partial charge in [-0.3, -0.25) is 0 Å². The van der Waals surface area contributed by atoms with Crippen LogP contribution in [0.25, 0.3) is 0 Å². The van der Waals surface area contributed by atoms with E-state index >= 15 is 0 Å². The molecular weight excluding hydrogens is 238 g/mol. The van der Waals surface area contributed by atoms with Crippen LogP contribution < -0.4 is 5.73 Å². The lowest BCUT2D eigenvalue weighted by molar-refractivity contribution is 0.227. The van der Waals surface area contributed by atoms with Gasteiger partial charge in [0.15, 0.2) is 5.82 Å². The first-order valence-corrected chi connectivity index (χ1v) is 6.26. The van der Waals surface area contributed by atoms with E-state index in [0.29, 0.717) is 0 Å². The van der Waals surface area contributed by atoms with Gasteiger partial charge in [-0.1, -0.05) is 24.9 Å². The highest BCUT2D eigenvalue weighted by molar-refractivity contribution is 5.85. The molecule has 0 saturated heterocycles. The van der Waals surface area contributed by atoms with E-state index in [1.165, 1.54) is 19.3 Å². The van der Waals surface area contributed by atoms with Crippen LogP contribution >= 0.6 is 12.4 Å². The van der Waals surface area contributed by atoms with E-state index < -0.39 is 0 Å². The molecule has 0 radical (unpaired) electrons.